The molecule has 0 fully saturated rings. The summed E-state index contributed by atoms with van der Waals surface area (Å²) in [6.07, 6.45) is -1.26. The van der Waals surface area contributed by atoms with Crippen molar-refractivity contribution in [2.75, 3.05) is 17.1 Å². The Labute approximate surface area is 185 Å². The number of benzene rings is 2. The highest BCUT2D eigenvalue weighted by atomic mass is 32.2. The van der Waals surface area contributed by atoms with E-state index in [1.54, 1.807) is 38.1 Å². The second kappa shape index (κ2) is 10.1. The lowest BCUT2D eigenvalue weighted by molar-refractivity contribution is -0.137. The van der Waals surface area contributed by atoms with Gasteiger partial charge in [-0.05, 0) is 41.3 Å². The Morgan fingerprint density at radius 3 is 2.28 bits per heavy atom. The fraction of sp³-hybridized carbons (Fsp3) is 0.318. The number of sulfonamides is 1. The molecule has 0 aliphatic carbocycles. The van der Waals surface area contributed by atoms with Crippen molar-refractivity contribution in [3.05, 3.63) is 65.2 Å². The number of carboxylic acids is 1. The van der Waals surface area contributed by atoms with Crippen LogP contribution < -0.4 is 9.04 Å². The molecule has 0 atom stereocenters. The number of carboxylic acid groups (broad SMARTS) is 1. The summed E-state index contributed by atoms with van der Waals surface area (Å²) >= 11 is 0. The van der Waals surface area contributed by atoms with Crippen molar-refractivity contribution in [1.82, 2.24) is 0 Å². The maximum atomic E-state index is 13.2. The molecule has 1 N–H and O–H groups in total. The number of nitrogens with zero attached hydrogens (tertiary/aromatic N) is 1. The van der Waals surface area contributed by atoms with Gasteiger partial charge in [-0.25, -0.2) is 13.2 Å². The summed E-state index contributed by atoms with van der Waals surface area (Å²) in [5.74, 6) is -1.38. The molecule has 174 valence electrons. The zero-order valence-corrected chi connectivity index (χ0v) is 18.6. The first-order valence-corrected chi connectivity index (χ1v) is 11.4. The smallest absolute Gasteiger partial charge is 0.416 e. The minimum Gasteiger partial charge on any atom is -0.487 e. The van der Waals surface area contributed by atoms with Crippen LogP contribution in [0.2, 0.25) is 0 Å². The highest BCUT2D eigenvalue weighted by Crippen LogP contribution is 2.38. The molecule has 0 saturated heterocycles. The Morgan fingerprint density at radius 1 is 1.16 bits per heavy atom. The van der Waals surface area contributed by atoms with Gasteiger partial charge in [0.25, 0.3) is 0 Å². The molecule has 0 saturated carbocycles. The summed E-state index contributed by atoms with van der Waals surface area (Å²) in [5.41, 5.74) is 0.297. The summed E-state index contributed by atoms with van der Waals surface area (Å²) in [5, 5.41) is 8.67. The molecule has 10 heteroatoms. The second-order valence-electron chi connectivity index (χ2n) is 7.57. The van der Waals surface area contributed by atoms with Crippen LogP contribution in [0.1, 0.15) is 30.5 Å². The number of rotatable bonds is 9. The second-order valence-corrected chi connectivity index (χ2v) is 9.48. The third kappa shape index (κ3) is 7.30. The minimum absolute atomic E-state index is 0.0233. The Morgan fingerprint density at radius 2 is 1.78 bits per heavy atom. The number of carbonyl (C=O) groups is 1. The van der Waals surface area contributed by atoms with Crippen LogP contribution in [0.5, 0.6) is 5.75 Å². The molecule has 0 aliphatic rings. The molecule has 0 heterocycles. The largest absolute Gasteiger partial charge is 0.487 e. The summed E-state index contributed by atoms with van der Waals surface area (Å²) < 4.78 is 71.1. The van der Waals surface area contributed by atoms with Crippen LogP contribution in [0.3, 0.4) is 0 Å². The van der Waals surface area contributed by atoms with E-state index in [4.69, 9.17) is 9.84 Å². The predicted molar refractivity (Wildman–Crippen MR) is 116 cm³/mol. The topological polar surface area (TPSA) is 83.9 Å². The number of hydrogen-bond acceptors (Lipinski definition) is 4. The van der Waals surface area contributed by atoms with Gasteiger partial charge in [0.15, 0.2) is 0 Å². The minimum atomic E-state index is -4.62. The van der Waals surface area contributed by atoms with Gasteiger partial charge in [0.2, 0.25) is 10.0 Å². The molecule has 0 unspecified atom stereocenters. The summed E-state index contributed by atoms with van der Waals surface area (Å²) in [6.45, 7) is 3.55. The normalized spacial score (nSPS) is 12.3. The maximum absolute atomic E-state index is 13.2. The van der Waals surface area contributed by atoms with Gasteiger partial charge in [-0.3, -0.25) is 4.31 Å². The molecule has 2 rings (SSSR count). The van der Waals surface area contributed by atoms with Crippen molar-refractivity contribution in [3.63, 3.8) is 0 Å². The van der Waals surface area contributed by atoms with Crippen molar-refractivity contribution in [2.45, 2.75) is 26.6 Å². The number of hydrogen-bond donors (Lipinski definition) is 1. The van der Waals surface area contributed by atoms with E-state index in [-0.39, 0.29) is 30.5 Å². The molecule has 0 amide bonds. The average molecular weight is 471 g/mol. The van der Waals surface area contributed by atoms with E-state index in [1.165, 1.54) is 6.08 Å². The van der Waals surface area contributed by atoms with Crippen LogP contribution in [0.4, 0.5) is 18.9 Å². The number of halogens is 3. The van der Waals surface area contributed by atoms with Gasteiger partial charge in [0.05, 0.1) is 17.5 Å². The highest BCUT2D eigenvalue weighted by Gasteiger charge is 2.32. The van der Waals surface area contributed by atoms with Crippen LogP contribution in [-0.4, -0.2) is 32.3 Å². The van der Waals surface area contributed by atoms with Crippen LogP contribution in [0.25, 0.3) is 6.08 Å². The number of anilines is 1. The van der Waals surface area contributed by atoms with Crippen molar-refractivity contribution in [1.29, 1.82) is 0 Å². The molecule has 0 radical (unpaired) electrons. The fourth-order valence-corrected chi connectivity index (χ4v) is 3.89. The van der Waals surface area contributed by atoms with Crippen molar-refractivity contribution >= 4 is 27.8 Å². The zero-order valence-electron chi connectivity index (χ0n) is 17.8. The quantitative estimate of drug-likeness (QED) is 0.531. The summed E-state index contributed by atoms with van der Waals surface area (Å²) in [6, 6.07) is 9.25. The lowest BCUT2D eigenvalue weighted by atomic mass is 10.1. The first-order valence-electron chi connectivity index (χ1n) is 9.59. The molecule has 0 aliphatic heterocycles. The zero-order chi connectivity index (χ0) is 24.1. The molecular weight excluding hydrogens is 447 g/mol. The van der Waals surface area contributed by atoms with Gasteiger partial charge in [-0.2, -0.15) is 13.2 Å². The molecular formula is C22H24F3NO5S. The SMILES string of the molecule is CC(C)CN(c1ccc(C(F)(F)F)cc1OCc1ccc(C=CC(=O)O)cc1)S(C)(=O)=O. The maximum Gasteiger partial charge on any atom is 0.416 e. The molecule has 32 heavy (non-hydrogen) atoms. The van der Waals surface area contributed by atoms with E-state index < -0.39 is 27.7 Å². The Kier molecular flexibility index (Phi) is 7.95. The van der Waals surface area contributed by atoms with E-state index in [0.717, 1.165) is 34.8 Å². The van der Waals surface area contributed by atoms with Crippen LogP contribution in [-0.2, 0) is 27.6 Å². The Bertz CT molecular complexity index is 1080. The molecule has 0 aromatic heterocycles. The molecule has 0 spiro atoms. The summed E-state index contributed by atoms with van der Waals surface area (Å²) in [4.78, 5) is 10.6. The lowest BCUT2D eigenvalue weighted by Crippen LogP contribution is -2.33. The van der Waals surface area contributed by atoms with Gasteiger partial charge in [-0.1, -0.05) is 38.1 Å². The van der Waals surface area contributed by atoms with Crippen molar-refractivity contribution < 1.29 is 36.2 Å². The van der Waals surface area contributed by atoms with Crippen molar-refractivity contribution in [2.24, 2.45) is 5.92 Å². The van der Waals surface area contributed by atoms with Crippen molar-refractivity contribution in [3.8, 4) is 5.75 Å². The number of alkyl halides is 3. The van der Waals surface area contributed by atoms with Gasteiger partial charge in [0, 0.05) is 12.6 Å². The van der Waals surface area contributed by atoms with E-state index in [1.807, 2.05) is 0 Å². The van der Waals surface area contributed by atoms with E-state index in [0.29, 0.717) is 11.1 Å². The lowest BCUT2D eigenvalue weighted by Gasteiger charge is -2.27. The van der Waals surface area contributed by atoms with Gasteiger partial charge < -0.3 is 9.84 Å². The standard InChI is InChI=1S/C22H24F3NO5S/c1-15(2)13-26(32(3,29)30)19-10-9-18(22(23,24)25)12-20(19)31-14-17-6-4-16(5-7-17)8-11-21(27)28/h4-12,15H,13-14H2,1-3H3,(H,27,28). The van der Waals surface area contributed by atoms with Crippen LogP contribution >= 0.6 is 0 Å². The van der Waals surface area contributed by atoms with Crippen LogP contribution in [0, 0.1) is 5.92 Å². The van der Waals surface area contributed by atoms with Gasteiger partial charge in [-0.15, -0.1) is 0 Å². The van der Waals surface area contributed by atoms with E-state index >= 15 is 0 Å². The van der Waals surface area contributed by atoms with Crippen LogP contribution in [0.15, 0.2) is 48.5 Å². The molecule has 2 aromatic rings. The molecule has 2 aromatic carbocycles. The Balaban J connectivity index is 2.38. The number of aliphatic carboxylic acids is 1. The summed E-state index contributed by atoms with van der Waals surface area (Å²) in [7, 11) is -3.77. The Hall–Kier alpha value is -3.01. The number of ether oxygens (including phenoxy) is 1. The first kappa shape index (κ1) is 25.3. The van der Waals surface area contributed by atoms with Gasteiger partial charge >= 0.3 is 12.1 Å². The molecule has 6 nitrogen and oxygen atoms in total. The predicted octanol–water partition coefficient (Wildman–Crippen LogP) is 4.80. The van der Waals surface area contributed by atoms with E-state index in [2.05, 4.69) is 0 Å². The van der Waals surface area contributed by atoms with Gasteiger partial charge in [0.1, 0.15) is 12.4 Å². The monoisotopic (exact) mass is 471 g/mol. The highest BCUT2D eigenvalue weighted by molar-refractivity contribution is 7.92. The third-order valence-corrected chi connectivity index (χ3v) is 5.43. The fourth-order valence-electron chi connectivity index (χ4n) is 2.81. The van der Waals surface area contributed by atoms with E-state index in [9.17, 15) is 26.4 Å². The molecule has 0 bridgehead atoms. The average Bonchev–Trinajstić information content (AvgIpc) is 2.68. The third-order valence-electron chi connectivity index (χ3n) is 4.28. The first-order chi connectivity index (χ1) is 14.8.